The van der Waals surface area contributed by atoms with Crippen LogP contribution < -0.4 is 4.90 Å². The van der Waals surface area contributed by atoms with Gasteiger partial charge in [0.2, 0.25) is 5.91 Å². The Hall–Kier alpha value is -1.17. The zero-order chi connectivity index (χ0) is 13.1. The van der Waals surface area contributed by atoms with Crippen molar-refractivity contribution in [3.05, 3.63) is 39.9 Å². The van der Waals surface area contributed by atoms with E-state index in [9.17, 15) is 4.79 Å². The van der Waals surface area contributed by atoms with Crippen molar-refractivity contribution in [1.82, 2.24) is 4.90 Å². The average Bonchev–Trinajstić information content (AvgIpc) is 3.10. The fourth-order valence-electron chi connectivity index (χ4n) is 2.29. The molecule has 2 aromatic rings. The third-order valence-electron chi connectivity index (χ3n) is 3.33. The number of rotatable bonds is 4. The van der Waals surface area contributed by atoms with Crippen LogP contribution in [0.1, 0.15) is 4.88 Å². The molecule has 0 saturated carbocycles. The van der Waals surface area contributed by atoms with Crippen LogP contribution in [0.25, 0.3) is 0 Å². The lowest BCUT2D eigenvalue weighted by atomic mass is 10.2. The number of piperazine rings is 1. The van der Waals surface area contributed by atoms with Crippen LogP contribution in [0, 0.1) is 0 Å². The largest absolute Gasteiger partial charge is 0.301 e. The predicted octanol–water partition coefficient (Wildman–Crippen LogP) is 2.70. The van der Waals surface area contributed by atoms with Gasteiger partial charge in [0.25, 0.3) is 0 Å². The number of nitrogens with zero attached hydrogens (tertiary/aromatic N) is 2. The maximum Gasteiger partial charge on any atom is 0.241 e. The molecule has 1 aliphatic rings. The monoisotopic (exact) mass is 292 g/mol. The third kappa shape index (κ3) is 3.05. The summed E-state index contributed by atoms with van der Waals surface area (Å²) in [6, 6.07) is 8.26. The molecule has 0 aromatic carbocycles. The van der Waals surface area contributed by atoms with Crippen molar-refractivity contribution in [3.63, 3.8) is 0 Å². The van der Waals surface area contributed by atoms with Crippen LogP contribution >= 0.6 is 22.7 Å². The fourth-order valence-corrected chi connectivity index (χ4v) is 3.76. The van der Waals surface area contributed by atoms with Crippen molar-refractivity contribution in [2.45, 2.75) is 6.42 Å². The quantitative estimate of drug-likeness (QED) is 0.865. The summed E-state index contributed by atoms with van der Waals surface area (Å²) in [5.74, 6) is 0.222. The first-order valence-corrected chi connectivity index (χ1v) is 8.17. The molecule has 19 heavy (non-hydrogen) atoms. The van der Waals surface area contributed by atoms with Crippen LogP contribution in [-0.2, 0) is 11.2 Å². The highest BCUT2D eigenvalue weighted by atomic mass is 32.1. The molecular formula is C14H16N2OS2. The molecule has 0 aliphatic carbocycles. The van der Waals surface area contributed by atoms with Gasteiger partial charge in [-0.1, -0.05) is 6.07 Å². The smallest absolute Gasteiger partial charge is 0.241 e. The summed E-state index contributed by atoms with van der Waals surface area (Å²) < 4.78 is 0. The van der Waals surface area contributed by atoms with Gasteiger partial charge in [0.05, 0.1) is 11.5 Å². The van der Waals surface area contributed by atoms with E-state index in [1.54, 1.807) is 22.7 Å². The van der Waals surface area contributed by atoms with Gasteiger partial charge in [0, 0.05) is 24.5 Å². The molecule has 0 atom stereocenters. The van der Waals surface area contributed by atoms with Gasteiger partial charge in [0.15, 0.2) is 0 Å². The second-order valence-electron chi connectivity index (χ2n) is 4.60. The Morgan fingerprint density at radius 2 is 1.95 bits per heavy atom. The highest BCUT2D eigenvalue weighted by molar-refractivity contribution is 7.14. The molecule has 0 radical (unpaired) electrons. The summed E-state index contributed by atoms with van der Waals surface area (Å²) in [5.41, 5.74) is 0. The summed E-state index contributed by atoms with van der Waals surface area (Å²) >= 11 is 3.42. The number of carbonyl (C=O) groups is 1. The molecule has 1 amide bonds. The number of carbonyl (C=O) groups excluding carboxylic acids is 1. The molecule has 3 rings (SSSR count). The van der Waals surface area contributed by atoms with Gasteiger partial charge in [-0.2, -0.15) is 0 Å². The lowest BCUT2D eigenvalue weighted by molar-refractivity contribution is -0.121. The Morgan fingerprint density at radius 1 is 1.11 bits per heavy atom. The van der Waals surface area contributed by atoms with Gasteiger partial charge >= 0.3 is 0 Å². The molecule has 5 heteroatoms. The second-order valence-corrected chi connectivity index (χ2v) is 6.56. The molecule has 1 saturated heterocycles. The highest BCUT2D eigenvalue weighted by Gasteiger charge is 2.25. The van der Waals surface area contributed by atoms with Crippen LogP contribution in [-0.4, -0.2) is 37.0 Å². The Bertz CT molecular complexity index is 522. The SMILES string of the molecule is O=C1CN(CCc2cccs2)CCN1c1cccs1. The zero-order valence-electron chi connectivity index (χ0n) is 10.6. The number of thiophene rings is 2. The van der Waals surface area contributed by atoms with Crippen LogP contribution in [0.5, 0.6) is 0 Å². The van der Waals surface area contributed by atoms with Crippen molar-refractivity contribution in [2.24, 2.45) is 0 Å². The highest BCUT2D eigenvalue weighted by Crippen LogP contribution is 2.23. The fraction of sp³-hybridized carbons (Fsp3) is 0.357. The third-order valence-corrected chi connectivity index (χ3v) is 5.15. The lowest BCUT2D eigenvalue weighted by Gasteiger charge is -2.33. The van der Waals surface area contributed by atoms with Crippen LogP contribution in [0.2, 0.25) is 0 Å². The van der Waals surface area contributed by atoms with E-state index in [-0.39, 0.29) is 5.91 Å². The van der Waals surface area contributed by atoms with Crippen molar-refractivity contribution in [3.8, 4) is 0 Å². The predicted molar refractivity (Wildman–Crippen MR) is 81.1 cm³/mol. The normalized spacial score (nSPS) is 17.1. The molecule has 3 nitrogen and oxygen atoms in total. The summed E-state index contributed by atoms with van der Waals surface area (Å²) in [4.78, 5) is 17.7. The lowest BCUT2D eigenvalue weighted by Crippen LogP contribution is -2.50. The van der Waals surface area contributed by atoms with E-state index in [2.05, 4.69) is 22.4 Å². The standard InChI is InChI=1S/C14H16N2OS2/c17-13-11-15(6-5-12-3-1-9-18-12)7-8-16(13)14-4-2-10-19-14/h1-4,9-10H,5-8,11H2. The van der Waals surface area contributed by atoms with Gasteiger partial charge in [-0.15, -0.1) is 22.7 Å². The molecule has 100 valence electrons. The van der Waals surface area contributed by atoms with E-state index in [4.69, 9.17) is 0 Å². The molecule has 1 fully saturated rings. The van der Waals surface area contributed by atoms with Gasteiger partial charge in [-0.25, -0.2) is 0 Å². The van der Waals surface area contributed by atoms with E-state index in [1.807, 2.05) is 22.4 Å². The Labute approximate surface area is 121 Å². The molecule has 1 aliphatic heterocycles. The Kier molecular flexibility index (Phi) is 3.96. The number of hydrogen-bond acceptors (Lipinski definition) is 4. The van der Waals surface area contributed by atoms with Crippen LogP contribution in [0.15, 0.2) is 35.0 Å². The minimum absolute atomic E-state index is 0.222. The van der Waals surface area contributed by atoms with Gasteiger partial charge in [-0.05, 0) is 35.4 Å². The van der Waals surface area contributed by atoms with Gasteiger partial charge in [-0.3, -0.25) is 9.69 Å². The van der Waals surface area contributed by atoms with Crippen molar-refractivity contribution in [2.75, 3.05) is 31.1 Å². The summed E-state index contributed by atoms with van der Waals surface area (Å²) in [5, 5.41) is 5.20. The maximum absolute atomic E-state index is 12.2. The first-order valence-electron chi connectivity index (χ1n) is 6.41. The summed E-state index contributed by atoms with van der Waals surface area (Å²) in [6.45, 7) is 3.30. The molecule has 2 aromatic heterocycles. The first kappa shape index (κ1) is 12.8. The van der Waals surface area contributed by atoms with Gasteiger partial charge in [0.1, 0.15) is 0 Å². The molecule has 0 N–H and O–H groups in total. The Balaban J connectivity index is 1.54. The van der Waals surface area contributed by atoms with E-state index in [0.29, 0.717) is 6.54 Å². The van der Waals surface area contributed by atoms with Gasteiger partial charge < -0.3 is 4.90 Å². The zero-order valence-corrected chi connectivity index (χ0v) is 12.3. The number of anilines is 1. The van der Waals surface area contributed by atoms with E-state index in [1.165, 1.54) is 4.88 Å². The minimum atomic E-state index is 0.222. The second kappa shape index (κ2) is 5.86. The number of amides is 1. The molecule has 0 unspecified atom stereocenters. The molecule has 0 bridgehead atoms. The summed E-state index contributed by atoms with van der Waals surface area (Å²) in [6.07, 6.45) is 1.05. The Morgan fingerprint density at radius 3 is 2.63 bits per heavy atom. The number of hydrogen-bond donors (Lipinski definition) is 0. The maximum atomic E-state index is 12.2. The first-order chi connectivity index (χ1) is 9.33. The van der Waals surface area contributed by atoms with Crippen LogP contribution in [0.4, 0.5) is 5.00 Å². The van der Waals surface area contributed by atoms with Crippen molar-refractivity contribution in [1.29, 1.82) is 0 Å². The summed E-state index contributed by atoms with van der Waals surface area (Å²) in [7, 11) is 0. The molecule has 0 spiro atoms. The van der Waals surface area contributed by atoms with E-state index >= 15 is 0 Å². The van der Waals surface area contributed by atoms with E-state index < -0.39 is 0 Å². The van der Waals surface area contributed by atoms with Crippen molar-refractivity contribution >= 4 is 33.6 Å². The average molecular weight is 292 g/mol. The molecule has 3 heterocycles. The van der Waals surface area contributed by atoms with Crippen molar-refractivity contribution < 1.29 is 4.79 Å². The molecular weight excluding hydrogens is 276 g/mol. The topological polar surface area (TPSA) is 23.6 Å². The minimum Gasteiger partial charge on any atom is -0.301 e. The van der Waals surface area contributed by atoms with E-state index in [0.717, 1.165) is 31.1 Å². The van der Waals surface area contributed by atoms with Crippen LogP contribution in [0.3, 0.4) is 0 Å².